The maximum atomic E-state index is 5.36. The van der Waals surface area contributed by atoms with Crippen molar-refractivity contribution in [2.75, 3.05) is 33.3 Å². The first-order valence-electron chi connectivity index (χ1n) is 8.81. The monoisotopic (exact) mass is 324 g/mol. The first-order chi connectivity index (χ1) is 11.7. The van der Waals surface area contributed by atoms with Crippen LogP contribution in [0, 0.1) is 6.92 Å². The molecule has 3 nitrogen and oxygen atoms in total. The molecule has 0 aliphatic carbocycles. The molecule has 0 spiro atoms. The third-order valence-corrected chi connectivity index (χ3v) is 5.02. The molecule has 128 valence electrons. The molecule has 24 heavy (non-hydrogen) atoms. The maximum absolute atomic E-state index is 5.36. The molecule has 2 aromatic rings. The summed E-state index contributed by atoms with van der Waals surface area (Å²) in [5, 5.41) is 0. The SMILES string of the molecule is COc1cccc(C(C)N2CCN(Cc3cccc(C)c3)CC2)c1. The van der Waals surface area contributed by atoms with E-state index < -0.39 is 0 Å². The highest BCUT2D eigenvalue weighted by atomic mass is 16.5. The lowest BCUT2D eigenvalue weighted by atomic mass is 10.1. The second-order valence-electron chi connectivity index (χ2n) is 6.75. The van der Waals surface area contributed by atoms with Crippen molar-refractivity contribution < 1.29 is 4.74 Å². The van der Waals surface area contributed by atoms with Crippen LogP contribution in [-0.4, -0.2) is 43.1 Å². The Morgan fingerprint density at radius 3 is 2.46 bits per heavy atom. The van der Waals surface area contributed by atoms with E-state index >= 15 is 0 Å². The molecule has 0 N–H and O–H groups in total. The zero-order valence-electron chi connectivity index (χ0n) is 15.0. The Morgan fingerprint density at radius 1 is 1.00 bits per heavy atom. The summed E-state index contributed by atoms with van der Waals surface area (Å²) in [7, 11) is 1.73. The topological polar surface area (TPSA) is 15.7 Å². The Balaban J connectivity index is 1.56. The van der Waals surface area contributed by atoms with Crippen LogP contribution in [0.3, 0.4) is 0 Å². The quantitative estimate of drug-likeness (QED) is 0.830. The van der Waals surface area contributed by atoms with E-state index in [-0.39, 0.29) is 0 Å². The molecular formula is C21H28N2O. The minimum Gasteiger partial charge on any atom is -0.497 e. The molecule has 1 aliphatic rings. The van der Waals surface area contributed by atoms with Crippen molar-refractivity contribution in [1.29, 1.82) is 0 Å². The zero-order chi connectivity index (χ0) is 16.9. The molecule has 0 saturated carbocycles. The van der Waals surface area contributed by atoms with Gasteiger partial charge in [0.1, 0.15) is 5.75 Å². The molecule has 1 atom stereocenters. The van der Waals surface area contributed by atoms with Gasteiger partial charge in [0.15, 0.2) is 0 Å². The summed E-state index contributed by atoms with van der Waals surface area (Å²) in [5.74, 6) is 0.942. The number of benzene rings is 2. The van der Waals surface area contributed by atoms with Crippen LogP contribution in [0.5, 0.6) is 5.75 Å². The fourth-order valence-electron chi connectivity index (χ4n) is 3.49. The Kier molecular flexibility index (Phi) is 5.54. The molecule has 0 aromatic heterocycles. The van der Waals surface area contributed by atoms with Gasteiger partial charge < -0.3 is 4.74 Å². The van der Waals surface area contributed by atoms with Gasteiger partial charge >= 0.3 is 0 Å². The van der Waals surface area contributed by atoms with Gasteiger partial charge in [-0.25, -0.2) is 0 Å². The summed E-state index contributed by atoms with van der Waals surface area (Å²) < 4.78 is 5.36. The molecule has 1 aliphatic heterocycles. The van der Waals surface area contributed by atoms with Gasteiger partial charge in [-0.1, -0.05) is 42.0 Å². The smallest absolute Gasteiger partial charge is 0.119 e. The summed E-state index contributed by atoms with van der Waals surface area (Å²) in [6.07, 6.45) is 0. The average molecular weight is 324 g/mol. The van der Waals surface area contributed by atoms with Crippen molar-refractivity contribution in [2.24, 2.45) is 0 Å². The molecule has 0 amide bonds. The molecule has 0 radical (unpaired) electrons. The number of hydrogen-bond donors (Lipinski definition) is 0. The molecule has 1 saturated heterocycles. The third-order valence-electron chi connectivity index (χ3n) is 5.02. The van der Waals surface area contributed by atoms with Crippen molar-refractivity contribution in [3.63, 3.8) is 0 Å². The van der Waals surface area contributed by atoms with Crippen molar-refractivity contribution >= 4 is 0 Å². The Bertz CT molecular complexity index is 662. The minimum atomic E-state index is 0.432. The Morgan fingerprint density at radius 2 is 1.75 bits per heavy atom. The molecule has 3 heteroatoms. The summed E-state index contributed by atoms with van der Waals surface area (Å²) in [4.78, 5) is 5.13. The van der Waals surface area contributed by atoms with Crippen LogP contribution in [0.2, 0.25) is 0 Å². The highest BCUT2D eigenvalue weighted by molar-refractivity contribution is 5.30. The van der Waals surface area contributed by atoms with E-state index in [0.29, 0.717) is 6.04 Å². The van der Waals surface area contributed by atoms with Crippen LogP contribution in [0.4, 0.5) is 0 Å². The first-order valence-corrected chi connectivity index (χ1v) is 8.81. The Labute approximate surface area is 145 Å². The van der Waals surface area contributed by atoms with Crippen molar-refractivity contribution in [3.8, 4) is 5.75 Å². The first kappa shape index (κ1) is 17.0. The average Bonchev–Trinajstić information content (AvgIpc) is 2.62. The van der Waals surface area contributed by atoms with E-state index in [1.807, 2.05) is 6.07 Å². The van der Waals surface area contributed by atoms with Crippen LogP contribution in [0.15, 0.2) is 48.5 Å². The second-order valence-corrected chi connectivity index (χ2v) is 6.75. The highest BCUT2D eigenvalue weighted by Crippen LogP contribution is 2.25. The van der Waals surface area contributed by atoms with Crippen molar-refractivity contribution in [2.45, 2.75) is 26.4 Å². The van der Waals surface area contributed by atoms with Crippen molar-refractivity contribution in [1.82, 2.24) is 9.80 Å². The number of hydrogen-bond acceptors (Lipinski definition) is 3. The predicted molar refractivity (Wildman–Crippen MR) is 99.4 cm³/mol. The molecule has 3 rings (SSSR count). The van der Waals surface area contributed by atoms with Gasteiger partial charge in [0.25, 0.3) is 0 Å². The number of aryl methyl sites for hydroxylation is 1. The normalized spacial score (nSPS) is 17.6. The largest absolute Gasteiger partial charge is 0.497 e. The third kappa shape index (κ3) is 4.16. The predicted octanol–water partition coefficient (Wildman–Crippen LogP) is 3.88. The van der Waals surface area contributed by atoms with Crippen LogP contribution in [0.1, 0.15) is 29.7 Å². The van der Waals surface area contributed by atoms with Crippen LogP contribution >= 0.6 is 0 Å². The van der Waals surface area contributed by atoms with Gasteiger partial charge in [0.2, 0.25) is 0 Å². The van der Waals surface area contributed by atoms with E-state index in [9.17, 15) is 0 Å². The van der Waals surface area contributed by atoms with Gasteiger partial charge in [-0.3, -0.25) is 9.80 Å². The van der Waals surface area contributed by atoms with Gasteiger partial charge in [-0.15, -0.1) is 0 Å². The van der Waals surface area contributed by atoms with Gasteiger partial charge in [0.05, 0.1) is 7.11 Å². The molecule has 0 bridgehead atoms. The fraction of sp³-hybridized carbons (Fsp3) is 0.429. The summed E-state index contributed by atoms with van der Waals surface area (Å²) >= 11 is 0. The lowest BCUT2D eigenvalue weighted by Crippen LogP contribution is -2.46. The molecule has 1 unspecified atom stereocenters. The zero-order valence-corrected chi connectivity index (χ0v) is 15.0. The lowest BCUT2D eigenvalue weighted by Gasteiger charge is -2.38. The molecule has 2 aromatic carbocycles. The molecular weight excluding hydrogens is 296 g/mol. The van der Waals surface area contributed by atoms with Crippen molar-refractivity contribution in [3.05, 3.63) is 65.2 Å². The number of nitrogens with zero attached hydrogens (tertiary/aromatic N) is 2. The van der Waals surface area contributed by atoms with Gasteiger partial charge in [-0.05, 0) is 37.1 Å². The molecule has 1 heterocycles. The fourth-order valence-corrected chi connectivity index (χ4v) is 3.49. The molecule has 1 fully saturated rings. The highest BCUT2D eigenvalue weighted by Gasteiger charge is 2.22. The maximum Gasteiger partial charge on any atom is 0.119 e. The van der Waals surface area contributed by atoms with Crippen LogP contribution in [0.25, 0.3) is 0 Å². The van der Waals surface area contributed by atoms with E-state index in [0.717, 1.165) is 38.5 Å². The number of methoxy groups -OCH3 is 1. The van der Waals surface area contributed by atoms with E-state index in [1.165, 1.54) is 16.7 Å². The standard InChI is InChI=1S/C21H28N2O/c1-17-6-4-7-19(14-17)16-22-10-12-23(13-11-22)18(2)20-8-5-9-21(15-20)24-3/h4-9,14-15,18H,10-13,16H2,1-3H3. The summed E-state index contributed by atoms with van der Waals surface area (Å²) in [6, 6.07) is 17.7. The number of piperazine rings is 1. The van der Waals surface area contributed by atoms with Gasteiger partial charge in [0, 0.05) is 38.8 Å². The number of rotatable bonds is 5. The Hall–Kier alpha value is -1.84. The van der Waals surface area contributed by atoms with E-state index in [2.05, 4.69) is 66.1 Å². The van der Waals surface area contributed by atoms with Crippen LogP contribution < -0.4 is 4.74 Å². The van der Waals surface area contributed by atoms with E-state index in [1.54, 1.807) is 7.11 Å². The minimum absolute atomic E-state index is 0.432. The van der Waals surface area contributed by atoms with Gasteiger partial charge in [-0.2, -0.15) is 0 Å². The lowest BCUT2D eigenvalue weighted by molar-refractivity contribution is 0.0978. The van der Waals surface area contributed by atoms with Crippen LogP contribution in [-0.2, 0) is 6.54 Å². The summed E-state index contributed by atoms with van der Waals surface area (Å²) in [6.45, 7) is 10.0. The number of ether oxygens (including phenoxy) is 1. The summed E-state index contributed by atoms with van der Waals surface area (Å²) in [5.41, 5.74) is 4.10. The second kappa shape index (κ2) is 7.82. The van der Waals surface area contributed by atoms with E-state index in [4.69, 9.17) is 4.74 Å².